The number of aromatic nitrogens is 1. The van der Waals surface area contributed by atoms with Crippen molar-refractivity contribution in [3.63, 3.8) is 0 Å². The lowest BCUT2D eigenvalue weighted by atomic mass is 9.48. The number of benzene rings is 3. The van der Waals surface area contributed by atoms with Crippen molar-refractivity contribution in [2.24, 2.45) is 29.1 Å². The Hall–Kier alpha value is -5.28. The van der Waals surface area contributed by atoms with E-state index in [1.165, 1.54) is 13.2 Å². The number of para-hydroxylation sites is 1. The molecule has 3 saturated carbocycles. The maximum atomic E-state index is 14.9. The van der Waals surface area contributed by atoms with Gasteiger partial charge in [0.25, 0.3) is 0 Å². The molecule has 11 nitrogen and oxygen atoms in total. The van der Waals surface area contributed by atoms with Gasteiger partial charge in [-0.25, -0.2) is 0 Å². The van der Waals surface area contributed by atoms with Gasteiger partial charge in [-0.05, 0) is 126 Å². The molecule has 1 aromatic heterocycles. The molecule has 2 bridgehead atoms. The first-order valence-electron chi connectivity index (χ1n) is 22.4. The van der Waals surface area contributed by atoms with Gasteiger partial charge in [0.1, 0.15) is 24.9 Å². The van der Waals surface area contributed by atoms with Gasteiger partial charge >= 0.3 is 5.97 Å². The molecule has 326 valence electrons. The molecule has 2 heterocycles. The van der Waals surface area contributed by atoms with Crippen molar-refractivity contribution in [2.45, 2.75) is 108 Å². The van der Waals surface area contributed by atoms with E-state index in [2.05, 4.69) is 29.0 Å². The zero-order chi connectivity index (χ0) is 43.1. The number of methoxy groups -OCH3 is 1. The number of allylic oxidation sites excluding steroid dienone is 1. The number of aromatic hydroxyl groups is 2. The number of cyclic esters (lactones) is 1. The van der Waals surface area contributed by atoms with Gasteiger partial charge in [0, 0.05) is 42.2 Å². The highest BCUT2D eigenvalue weighted by Gasteiger charge is 2.57. The van der Waals surface area contributed by atoms with Crippen LogP contribution in [0.25, 0.3) is 16.5 Å². The van der Waals surface area contributed by atoms with Gasteiger partial charge in [0.05, 0.1) is 31.6 Å². The zero-order valence-electron chi connectivity index (χ0n) is 35.3. The van der Waals surface area contributed by atoms with Crippen LogP contribution in [0.3, 0.4) is 0 Å². The molecule has 0 amide bonds. The first-order chi connectivity index (χ1) is 30.1. The maximum Gasteiger partial charge on any atom is 0.318 e. The number of carbonyl (C=O) groups excluding carboxylic acids is 2. The van der Waals surface area contributed by atoms with E-state index in [9.17, 15) is 35.1 Å². The van der Waals surface area contributed by atoms with E-state index in [1.54, 1.807) is 18.2 Å². The van der Waals surface area contributed by atoms with Crippen LogP contribution in [0, 0.1) is 40.9 Å². The van der Waals surface area contributed by atoms with Crippen molar-refractivity contribution in [1.29, 1.82) is 0 Å². The minimum Gasteiger partial charge on any atom is -0.504 e. The molecule has 11 heteroatoms. The van der Waals surface area contributed by atoms with Crippen LogP contribution in [0.2, 0.25) is 0 Å². The summed E-state index contributed by atoms with van der Waals surface area (Å²) in [5, 5.41) is 55.2. The fourth-order valence-corrected chi connectivity index (χ4v) is 12.3. The number of ether oxygens (including phenoxy) is 3. The Morgan fingerprint density at radius 1 is 0.968 bits per heavy atom. The number of phenols is 2. The lowest BCUT2D eigenvalue weighted by molar-refractivity contribution is -0.155. The van der Waals surface area contributed by atoms with Gasteiger partial charge in [-0.3, -0.25) is 9.59 Å². The summed E-state index contributed by atoms with van der Waals surface area (Å²) in [5.41, 5.74) is 6.15. The summed E-state index contributed by atoms with van der Waals surface area (Å²) in [4.78, 5) is 32.2. The van der Waals surface area contributed by atoms with Gasteiger partial charge in [-0.1, -0.05) is 55.0 Å². The van der Waals surface area contributed by atoms with E-state index < -0.39 is 18.2 Å². The number of fused-ring (bicyclic) bond motifs is 9. The summed E-state index contributed by atoms with van der Waals surface area (Å²) in [6.45, 7) is -0.282. The Bertz CT molecular complexity index is 2430. The van der Waals surface area contributed by atoms with Crippen LogP contribution in [0.1, 0.15) is 104 Å². The van der Waals surface area contributed by atoms with Crippen molar-refractivity contribution >= 4 is 28.2 Å². The van der Waals surface area contributed by atoms with Gasteiger partial charge in [-0.2, -0.15) is 0 Å². The van der Waals surface area contributed by atoms with E-state index in [1.807, 2.05) is 24.3 Å². The molecule has 1 aliphatic heterocycles. The molecule has 8 atom stereocenters. The van der Waals surface area contributed by atoms with Gasteiger partial charge in [-0.15, -0.1) is 0 Å². The first kappa shape index (κ1) is 42.0. The Morgan fingerprint density at radius 2 is 1.77 bits per heavy atom. The predicted octanol–water partition coefficient (Wildman–Crippen LogP) is 7.28. The molecule has 8 unspecified atom stereocenters. The average Bonchev–Trinajstić information content (AvgIpc) is 3.85. The minimum absolute atomic E-state index is 0.000804. The number of aromatic amines is 1. The van der Waals surface area contributed by atoms with Crippen LogP contribution in [0.5, 0.6) is 23.0 Å². The average molecular weight is 844 g/mol. The number of hydrogen-bond acceptors (Lipinski definition) is 10. The van der Waals surface area contributed by atoms with Crippen LogP contribution < -0.4 is 9.47 Å². The highest BCUT2D eigenvalue weighted by Crippen LogP contribution is 2.66. The third-order valence-electron chi connectivity index (χ3n) is 14.9. The number of phenolic OH excluding ortho intramolecular Hbond substituents is 2. The molecule has 4 aromatic rings. The number of ketones is 1. The smallest absolute Gasteiger partial charge is 0.318 e. The molecule has 0 saturated heterocycles. The molecule has 3 aromatic carbocycles. The zero-order valence-corrected chi connectivity index (χ0v) is 35.3. The highest BCUT2D eigenvalue weighted by molar-refractivity contribution is 5.94. The van der Waals surface area contributed by atoms with Crippen LogP contribution in [-0.4, -0.2) is 80.9 Å². The monoisotopic (exact) mass is 843 g/mol. The molecule has 5 aliphatic rings. The fourth-order valence-electron chi connectivity index (χ4n) is 12.3. The van der Waals surface area contributed by atoms with Gasteiger partial charge in [0.15, 0.2) is 23.0 Å². The second-order valence-electron chi connectivity index (χ2n) is 18.4. The van der Waals surface area contributed by atoms with Gasteiger partial charge < -0.3 is 44.7 Å². The summed E-state index contributed by atoms with van der Waals surface area (Å²) >= 11 is 0. The molecule has 3 fully saturated rings. The molecular formula is C51H57NO10. The Morgan fingerprint density at radius 3 is 2.58 bits per heavy atom. The number of carbonyl (C=O) groups is 2. The van der Waals surface area contributed by atoms with Gasteiger partial charge in [0.2, 0.25) is 0 Å². The molecule has 4 aliphatic carbocycles. The summed E-state index contributed by atoms with van der Waals surface area (Å²) in [6.07, 6.45) is 7.29. The van der Waals surface area contributed by atoms with Crippen molar-refractivity contribution in [3.05, 3.63) is 88.6 Å². The van der Waals surface area contributed by atoms with E-state index in [0.29, 0.717) is 30.1 Å². The first-order valence-corrected chi connectivity index (χ1v) is 22.4. The van der Waals surface area contributed by atoms with E-state index >= 15 is 0 Å². The fraction of sp³-hybridized carbons (Fsp3) is 0.490. The topological polar surface area (TPSA) is 179 Å². The maximum absolute atomic E-state index is 14.9. The Balaban J connectivity index is 1.19. The van der Waals surface area contributed by atoms with Crippen LogP contribution in [-0.2, 0) is 27.2 Å². The third kappa shape index (κ3) is 7.97. The number of esters is 1. The second kappa shape index (κ2) is 17.5. The lowest BCUT2D eigenvalue weighted by Gasteiger charge is -2.57. The molecule has 0 radical (unpaired) electrons. The second-order valence-corrected chi connectivity index (χ2v) is 18.4. The number of H-pyrrole nitrogens is 1. The predicted molar refractivity (Wildman–Crippen MR) is 233 cm³/mol. The largest absolute Gasteiger partial charge is 0.504 e. The number of aliphatic hydroxyl groups excluding tert-OH is 3. The molecule has 6 N–H and O–H groups in total. The standard InChI is InChI=1S/C51H57NO10/c1-60-45-27-37-36(26-44(45)58)39-22-30-28-51(16-6-7-17-51)40-24-31(54)13-14-35(40)49(30)38(37)23-32(55)25-47(43(57)20-29-12-15-42(56)46(21-29)61-19-18-53)62-48(59)11-5-3-9-34-33-8-2-4-10-41(33)52-50(34)39/h2,4,8,10,12,15,21-22,26-27,30-31,35,38,40,43,47,49,52-54,56-58H,6-7,9,11,13-14,16-20,23-25,28H2,1H3. The third-order valence-corrected chi connectivity index (χ3v) is 14.9. The molecule has 62 heavy (non-hydrogen) atoms. The molecule has 1 spiro atoms. The van der Waals surface area contributed by atoms with Crippen molar-refractivity contribution in [2.75, 3.05) is 20.3 Å². The van der Waals surface area contributed by atoms with Crippen LogP contribution in [0.4, 0.5) is 0 Å². The summed E-state index contributed by atoms with van der Waals surface area (Å²) < 4.78 is 17.2. The van der Waals surface area contributed by atoms with E-state index in [0.717, 1.165) is 83.8 Å². The van der Waals surface area contributed by atoms with Crippen molar-refractivity contribution in [3.8, 4) is 34.8 Å². The summed E-state index contributed by atoms with van der Waals surface area (Å²) in [7, 11) is 1.53. The lowest BCUT2D eigenvalue weighted by Crippen LogP contribution is -2.51. The summed E-state index contributed by atoms with van der Waals surface area (Å²) in [5.74, 6) is 6.02. The van der Waals surface area contributed by atoms with Crippen LogP contribution >= 0.6 is 0 Å². The highest BCUT2D eigenvalue weighted by atomic mass is 16.6. The Labute approximate surface area is 362 Å². The number of rotatable bonds is 7. The Kier molecular flexibility index (Phi) is 11.8. The number of hydrogen-bond donors (Lipinski definition) is 6. The SMILES string of the molecule is COc1cc2c(cc1O)C1=CC3CC4(CCCC4)C4CC(O)CCC4C3C2CC(=O)CC(C(O)Cc2ccc(O)c(OCCO)c2)OC(=O)CC#CCc2c1[nH]c1ccccc21. The van der Waals surface area contributed by atoms with Crippen molar-refractivity contribution in [1.82, 2.24) is 4.98 Å². The van der Waals surface area contributed by atoms with Crippen molar-refractivity contribution < 1.29 is 49.3 Å². The normalized spacial score (nSPS) is 27.4. The molecule has 9 rings (SSSR count). The van der Waals surface area contributed by atoms with E-state index in [4.69, 9.17) is 14.2 Å². The summed E-state index contributed by atoms with van der Waals surface area (Å²) in [6, 6.07) is 16.4. The van der Waals surface area contributed by atoms with Crippen LogP contribution in [0.15, 0.2) is 60.7 Å². The number of Topliss-reactive ketones (excluding diaryl/α,β-unsaturated/α-hetero) is 1. The minimum atomic E-state index is -1.29. The van der Waals surface area contributed by atoms with E-state index in [-0.39, 0.29) is 97.1 Å². The molecular weight excluding hydrogens is 787 g/mol. The quantitative estimate of drug-likeness (QED) is 0.0819. The number of aliphatic hydroxyl groups is 3. The number of nitrogens with one attached hydrogen (secondary N) is 1.